The Balaban J connectivity index is 1.84. The van der Waals surface area contributed by atoms with Crippen LogP contribution in [0.3, 0.4) is 0 Å². The molecule has 2 rings (SSSR count). The lowest BCUT2D eigenvalue weighted by Gasteiger charge is -2.14. The number of amides is 1. The largest absolute Gasteiger partial charge is 0.496 e. The highest BCUT2D eigenvalue weighted by molar-refractivity contribution is 5.95. The van der Waals surface area contributed by atoms with Crippen molar-refractivity contribution in [3.63, 3.8) is 0 Å². The number of carbonyl (C=O) groups is 2. The number of halogens is 1. The molecule has 0 fully saturated rings. The van der Waals surface area contributed by atoms with Crippen LogP contribution in [-0.2, 0) is 20.7 Å². The molecule has 2 aromatic rings. The Morgan fingerprint density at radius 3 is 2.64 bits per heavy atom. The Bertz CT molecular complexity index is 748. The molecule has 0 heterocycles. The normalized spacial score (nSPS) is 11.5. The summed E-state index contributed by atoms with van der Waals surface area (Å²) in [4.78, 5) is 23.9. The van der Waals surface area contributed by atoms with Crippen LogP contribution < -0.4 is 10.1 Å². The molecule has 0 spiro atoms. The number of nitrogens with one attached hydrogen (secondary N) is 1. The molecule has 0 aliphatic rings. The minimum absolute atomic E-state index is 0.123. The summed E-state index contributed by atoms with van der Waals surface area (Å²) in [6.45, 7) is 1.47. The second-order valence-corrected chi connectivity index (χ2v) is 5.44. The van der Waals surface area contributed by atoms with Gasteiger partial charge in [0.25, 0.3) is 5.91 Å². The molecule has 0 aromatic heterocycles. The van der Waals surface area contributed by atoms with Crippen molar-refractivity contribution in [2.45, 2.75) is 25.9 Å². The number of esters is 1. The molecular formula is C19H20FNO4. The zero-order valence-electron chi connectivity index (χ0n) is 14.1. The van der Waals surface area contributed by atoms with Gasteiger partial charge < -0.3 is 14.8 Å². The number of hydrogen-bond donors (Lipinski definition) is 1. The van der Waals surface area contributed by atoms with Gasteiger partial charge in [-0.1, -0.05) is 24.3 Å². The summed E-state index contributed by atoms with van der Waals surface area (Å²) in [5.41, 5.74) is 1.20. The molecule has 1 amide bonds. The Hall–Kier alpha value is -2.89. The SMILES string of the molecule is COc1ccccc1CCC(=O)O[C@H](C)C(=O)Nc1cccc(F)c1. The monoisotopic (exact) mass is 345 g/mol. The number of methoxy groups -OCH3 is 1. The van der Waals surface area contributed by atoms with E-state index in [0.717, 1.165) is 5.56 Å². The van der Waals surface area contributed by atoms with Gasteiger partial charge in [0, 0.05) is 12.1 Å². The molecule has 6 heteroatoms. The van der Waals surface area contributed by atoms with E-state index in [0.29, 0.717) is 17.9 Å². The van der Waals surface area contributed by atoms with Crippen molar-refractivity contribution >= 4 is 17.6 Å². The average Bonchev–Trinajstić information content (AvgIpc) is 2.60. The summed E-state index contributed by atoms with van der Waals surface area (Å²) in [5, 5.41) is 2.50. The molecule has 1 N–H and O–H groups in total. The molecule has 0 saturated heterocycles. The molecule has 0 saturated carbocycles. The molecule has 1 atom stereocenters. The third-order valence-electron chi connectivity index (χ3n) is 3.56. The van der Waals surface area contributed by atoms with Crippen molar-refractivity contribution in [1.29, 1.82) is 0 Å². The van der Waals surface area contributed by atoms with Crippen LogP contribution in [0.2, 0.25) is 0 Å². The van der Waals surface area contributed by atoms with E-state index in [1.165, 1.54) is 25.1 Å². The second kappa shape index (κ2) is 8.82. The first kappa shape index (κ1) is 18.4. The zero-order valence-corrected chi connectivity index (χ0v) is 14.1. The first-order valence-electron chi connectivity index (χ1n) is 7.87. The number of aryl methyl sites for hydroxylation is 1. The Kier molecular flexibility index (Phi) is 6.51. The van der Waals surface area contributed by atoms with Gasteiger partial charge in [-0.15, -0.1) is 0 Å². The van der Waals surface area contributed by atoms with Gasteiger partial charge in [-0.05, 0) is 43.2 Å². The van der Waals surface area contributed by atoms with Crippen LogP contribution in [0.25, 0.3) is 0 Å². The van der Waals surface area contributed by atoms with Gasteiger partial charge in [0.15, 0.2) is 6.10 Å². The number of anilines is 1. The molecule has 2 aromatic carbocycles. The molecule has 0 unspecified atom stereocenters. The number of carbonyl (C=O) groups excluding carboxylic acids is 2. The molecular weight excluding hydrogens is 325 g/mol. The number of ether oxygens (including phenoxy) is 2. The molecule has 5 nitrogen and oxygen atoms in total. The van der Waals surface area contributed by atoms with E-state index < -0.39 is 23.8 Å². The van der Waals surface area contributed by atoms with Gasteiger partial charge in [-0.2, -0.15) is 0 Å². The van der Waals surface area contributed by atoms with Crippen molar-refractivity contribution < 1.29 is 23.5 Å². The van der Waals surface area contributed by atoms with E-state index in [1.807, 2.05) is 24.3 Å². The molecule has 0 aliphatic heterocycles. The van der Waals surface area contributed by atoms with Crippen LogP contribution in [0.1, 0.15) is 18.9 Å². The fourth-order valence-electron chi connectivity index (χ4n) is 2.27. The van der Waals surface area contributed by atoms with Crippen molar-refractivity contribution in [2.24, 2.45) is 0 Å². The van der Waals surface area contributed by atoms with E-state index >= 15 is 0 Å². The van der Waals surface area contributed by atoms with Crippen molar-refractivity contribution in [3.8, 4) is 5.75 Å². The predicted octanol–water partition coefficient (Wildman–Crippen LogP) is 3.34. The minimum atomic E-state index is -0.978. The Labute approximate surface area is 145 Å². The summed E-state index contributed by atoms with van der Waals surface area (Å²) in [6, 6.07) is 12.9. The zero-order chi connectivity index (χ0) is 18.2. The number of rotatable bonds is 7. The molecule has 132 valence electrons. The average molecular weight is 345 g/mol. The van der Waals surface area contributed by atoms with Crippen molar-refractivity contribution in [2.75, 3.05) is 12.4 Å². The van der Waals surface area contributed by atoms with Gasteiger partial charge in [0.2, 0.25) is 0 Å². The smallest absolute Gasteiger partial charge is 0.306 e. The van der Waals surface area contributed by atoms with Crippen LogP contribution in [0.15, 0.2) is 48.5 Å². The highest BCUT2D eigenvalue weighted by Crippen LogP contribution is 2.19. The molecule has 0 radical (unpaired) electrons. The van der Waals surface area contributed by atoms with Gasteiger partial charge in [0.1, 0.15) is 11.6 Å². The fraction of sp³-hybridized carbons (Fsp3) is 0.263. The van der Waals surface area contributed by atoms with E-state index in [-0.39, 0.29) is 6.42 Å². The number of para-hydroxylation sites is 1. The van der Waals surface area contributed by atoms with Crippen LogP contribution in [0, 0.1) is 5.82 Å². The van der Waals surface area contributed by atoms with E-state index in [1.54, 1.807) is 13.2 Å². The lowest BCUT2D eigenvalue weighted by Crippen LogP contribution is -2.30. The maximum Gasteiger partial charge on any atom is 0.306 e. The molecule has 0 bridgehead atoms. The Morgan fingerprint density at radius 2 is 1.92 bits per heavy atom. The molecule has 0 aliphatic carbocycles. The van der Waals surface area contributed by atoms with E-state index in [2.05, 4.69) is 5.32 Å². The van der Waals surface area contributed by atoms with Crippen LogP contribution in [0.5, 0.6) is 5.75 Å². The van der Waals surface area contributed by atoms with Crippen molar-refractivity contribution in [3.05, 3.63) is 59.9 Å². The third kappa shape index (κ3) is 5.60. The first-order valence-corrected chi connectivity index (χ1v) is 7.87. The van der Waals surface area contributed by atoms with Crippen LogP contribution >= 0.6 is 0 Å². The highest BCUT2D eigenvalue weighted by atomic mass is 19.1. The first-order chi connectivity index (χ1) is 12.0. The van der Waals surface area contributed by atoms with Crippen LogP contribution in [0.4, 0.5) is 10.1 Å². The minimum Gasteiger partial charge on any atom is -0.496 e. The highest BCUT2D eigenvalue weighted by Gasteiger charge is 2.18. The van der Waals surface area contributed by atoms with E-state index in [9.17, 15) is 14.0 Å². The number of hydrogen-bond acceptors (Lipinski definition) is 4. The maximum absolute atomic E-state index is 13.1. The summed E-state index contributed by atoms with van der Waals surface area (Å²) in [5.74, 6) is -0.768. The third-order valence-corrected chi connectivity index (χ3v) is 3.56. The standard InChI is InChI=1S/C19H20FNO4/c1-13(19(23)21-16-8-5-7-15(20)12-16)25-18(22)11-10-14-6-3-4-9-17(14)24-2/h3-9,12-13H,10-11H2,1-2H3,(H,21,23)/t13-/m1/s1. The van der Waals surface area contributed by atoms with Gasteiger partial charge in [-0.3, -0.25) is 9.59 Å². The summed E-state index contributed by atoms with van der Waals surface area (Å²) < 4.78 is 23.5. The van der Waals surface area contributed by atoms with Gasteiger partial charge in [-0.25, -0.2) is 4.39 Å². The predicted molar refractivity (Wildman–Crippen MR) is 91.9 cm³/mol. The lowest BCUT2D eigenvalue weighted by molar-refractivity contribution is -0.153. The van der Waals surface area contributed by atoms with Gasteiger partial charge >= 0.3 is 5.97 Å². The summed E-state index contributed by atoms with van der Waals surface area (Å²) >= 11 is 0. The fourth-order valence-corrected chi connectivity index (χ4v) is 2.27. The molecule has 25 heavy (non-hydrogen) atoms. The topological polar surface area (TPSA) is 64.6 Å². The van der Waals surface area contributed by atoms with E-state index in [4.69, 9.17) is 9.47 Å². The summed E-state index contributed by atoms with van der Waals surface area (Å²) in [7, 11) is 1.57. The lowest BCUT2D eigenvalue weighted by atomic mass is 10.1. The van der Waals surface area contributed by atoms with Crippen LogP contribution in [-0.4, -0.2) is 25.1 Å². The summed E-state index contributed by atoms with van der Waals surface area (Å²) in [6.07, 6.45) is -0.410. The quantitative estimate of drug-likeness (QED) is 0.782. The van der Waals surface area contributed by atoms with Gasteiger partial charge in [0.05, 0.1) is 7.11 Å². The number of benzene rings is 2. The second-order valence-electron chi connectivity index (χ2n) is 5.44. The maximum atomic E-state index is 13.1. The van der Waals surface area contributed by atoms with Crippen molar-refractivity contribution in [1.82, 2.24) is 0 Å². The Morgan fingerprint density at radius 1 is 1.16 bits per heavy atom.